The highest BCUT2D eigenvalue weighted by molar-refractivity contribution is 7.10. The van der Waals surface area contributed by atoms with Gasteiger partial charge in [-0.1, -0.05) is 35.9 Å². The highest BCUT2D eigenvalue weighted by Crippen LogP contribution is 2.27. The number of aliphatic hydroxyl groups excluding tert-OH is 1. The molecule has 1 saturated heterocycles. The van der Waals surface area contributed by atoms with Crippen LogP contribution in [0, 0.1) is 6.92 Å². The van der Waals surface area contributed by atoms with E-state index in [-0.39, 0.29) is 12.1 Å². The van der Waals surface area contributed by atoms with E-state index in [0.29, 0.717) is 13.1 Å². The number of thiophene rings is 1. The van der Waals surface area contributed by atoms with Crippen LogP contribution in [0.4, 0.5) is 0 Å². The Kier molecular flexibility index (Phi) is 8.69. The summed E-state index contributed by atoms with van der Waals surface area (Å²) in [6.07, 6.45) is -0.344. The van der Waals surface area contributed by atoms with E-state index in [4.69, 9.17) is 9.73 Å². The molecule has 1 aromatic heterocycles. The molecule has 3 unspecified atom stereocenters. The minimum absolute atomic E-state index is 0.230. The molecule has 1 fully saturated rings. The van der Waals surface area contributed by atoms with E-state index in [1.807, 2.05) is 38.1 Å². The van der Waals surface area contributed by atoms with E-state index in [9.17, 15) is 5.11 Å². The Labute approximate surface area is 184 Å². The Hall–Kier alpha value is -1.93. The van der Waals surface area contributed by atoms with Gasteiger partial charge in [0.25, 0.3) is 0 Å². The molecule has 0 amide bonds. The van der Waals surface area contributed by atoms with Crippen LogP contribution < -0.4 is 10.6 Å². The first-order chi connectivity index (χ1) is 14.6. The fourth-order valence-corrected chi connectivity index (χ4v) is 4.47. The molecule has 7 heteroatoms. The molecule has 0 bridgehead atoms. The lowest BCUT2D eigenvalue weighted by molar-refractivity contribution is -0.0327. The molecule has 30 heavy (non-hydrogen) atoms. The number of nitrogens with zero attached hydrogens (tertiary/aromatic N) is 2. The van der Waals surface area contributed by atoms with Crippen molar-refractivity contribution in [1.82, 2.24) is 15.5 Å². The molecular weight excluding hydrogens is 396 g/mol. The van der Waals surface area contributed by atoms with Crippen LogP contribution in [0.25, 0.3) is 0 Å². The van der Waals surface area contributed by atoms with Crippen molar-refractivity contribution >= 4 is 17.3 Å². The zero-order valence-electron chi connectivity index (χ0n) is 18.2. The van der Waals surface area contributed by atoms with Gasteiger partial charge in [0.05, 0.1) is 31.4 Å². The van der Waals surface area contributed by atoms with Gasteiger partial charge in [-0.05, 0) is 37.8 Å². The zero-order valence-corrected chi connectivity index (χ0v) is 19.0. The number of benzene rings is 1. The van der Waals surface area contributed by atoms with Gasteiger partial charge in [-0.3, -0.25) is 9.89 Å². The minimum atomic E-state index is -0.581. The van der Waals surface area contributed by atoms with Crippen LogP contribution in [-0.2, 0) is 4.74 Å². The number of aryl methyl sites for hydroxylation is 1. The number of guanidine groups is 1. The van der Waals surface area contributed by atoms with E-state index in [1.54, 1.807) is 11.3 Å². The first kappa shape index (κ1) is 22.7. The molecule has 0 spiro atoms. The van der Waals surface area contributed by atoms with Gasteiger partial charge in [0.2, 0.25) is 0 Å². The average molecular weight is 431 g/mol. The van der Waals surface area contributed by atoms with Crippen LogP contribution in [0.15, 0.2) is 46.8 Å². The summed E-state index contributed by atoms with van der Waals surface area (Å²) >= 11 is 1.78. The quantitative estimate of drug-likeness (QED) is 0.444. The molecule has 0 radical (unpaired) electrons. The maximum Gasteiger partial charge on any atom is 0.191 e. The summed E-state index contributed by atoms with van der Waals surface area (Å²) in [6, 6.07) is 12.5. The number of morpholine rings is 1. The number of ether oxygens (including phenoxy) is 1. The highest BCUT2D eigenvalue weighted by Gasteiger charge is 2.26. The van der Waals surface area contributed by atoms with Crippen LogP contribution in [0.2, 0.25) is 0 Å². The van der Waals surface area contributed by atoms with Gasteiger partial charge in [0, 0.05) is 31.1 Å². The van der Waals surface area contributed by atoms with Crippen LogP contribution in [0.5, 0.6) is 0 Å². The average Bonchev–Trinajstić information content (AvgIpc) is 3.27. The summed E-state index contributed by atoms with van der Waals surface area (Å²) in [7, 11) is 0. The van der Waals surface area contributed by atoms with Gasteiger partial charge in [-0.25, -0.2) is 0 Å². The second-order valence-corrected chi connectivity index (χ2v) is 8.71. The van der Waals surface area contributed by atoms with Gasteiger partial charge in [0.15, 0.2) is 5.96 Å². The third kappa shape index (κ3) is 6.54. The molecule has 3 N–H and O–H groups in total. The standard InChI is InChI=1S/C23H34N4O2S/c1-4-24-23(26-15-21(28)19-9-7-17(2)8-10-19)25-14-20(22-6-5-13-30-22)27-11-12-29-18(3)16-27/h5-10,13,18,20-21,28H,4,11-12,14-16H2,1-3H3,(H2,24,25,26). The Morgan fingerprint density at radius 1 is 1.30 bits per heavy atom. The number of hydrogen-bond acceptors (Lipinski definition) is 5. The van der Waals surface area contributed by atoms with E-state index in [2.05, 4.69) is 40.0 Å². The van der Waals surface area contributed by atoms with Gasteiger partial charge in [0.1, 0.15) is 0 Å². The van der Waals surface area contributed by atoms with Gasteiger partial charge >= 0.3 is 0 Å². The van der Waals surface area contributed by atoms with Crippen molar-refractivity contribution in [2.24, 2.45) is 4.99 Å². The fourth-order valence-electron chi connectivity index (χ4n) is 3.61. The number of rotatable bonds is 8. The third-order valence-electron chi connectivity index (χ3n) is 5.28. The normalized spacial score (nSPS) is 20.0. The van der Waals surface area contributed by atoms with E-state index in [0.717, 1.165) is 37.8 Å². The summed E-state index contributed by atoms with van der Waals surface area (Å²) in [6.45, 7) is 10.6. The van der Waals surface area contributed by atoms with Crippen molar-refractivity contribution in [1.29, 1.82) is 0 Å². The highest BCUT2D eigenvalue weighted by atomic mass is 32.1. The summed E-state index contributed by atoms with van der Waals surface area (Å²) in [5, 5.41) is 19.2. The van der Waals surface area contributed by atoms with E-state index >= 15 is 0 Å². The first-order valence-corrected chi connectivity index (χ1v) is 11.6. The number of hydrogen-bond donors (Lipinski definition) is 3. The molecule has 1 aliphatic heterocycles. The topological polar surface area (TPSA) is 69.1 Å². The molecule has 164 valence electrons. The van der Waals surface area contributed by atoms with E-state index < -0.39 is 6.10 Å². The molecule has 1 aromatic carbocycles. The smallest absolute Gasteiger partial charge is 0.191 e. The number of nitrogens with one attached hydrogen (secondary N) is 2. The van der Waals surface area contributed by atoms with Crippen LogP contribution in [0.3, 0.4) is 0 Å². The molecule has 1 aliphatic rings. The summed E-state index contributed by atoms with van der Waals surface area (Å²) in [5.74, 6) is 0.728. The fraction of sp³-hybridized carbons (Fsp3) is 0.522. The van der Waals surface area contributed by atoms with Gasteiger partial charge in [-0.15, -0.1) is 11.3 Å². The number of aliphatic hydroxyl groups is 1. The largest absolute Gasteiger partial charge is 0.387 e. The molecule has 3 rings (SSSR count). The third-order valence-corrected chi connectivity index (χ3v) is 6.25. The van der Waals surface area contributed by atoms with Crippen molar-refractivity contribution in [3.63, 3.8) is 0 Å². The molecule has 3 atom stereocenters. The molecule has 2 aromatic rings. The minimum Gasteiger partial charge on any atom is -0.387 e. The SMILES string of the molecule is CCNC(=NCC(c1cccs1)N1CCOC(C)C1)NCC(O)c1ccc(C)cc1. The van der Waals surface area contributed by atoms with Crippen LogP contribution in [0.1, 0.15) is 42.0 Å². The van der Waals surface area contributed by atoms with Crippen molar-refractivity contribution in [2.75, 3.05) is 39.3 Å². The molecule has 0 saturated carbocycles. The summed E-state index contributed by atoms with van der Waals surface area (Å²) in [5.41, 5.74) is 2.09. The molecular formula is C23H34N4O2S. The maximum atomic E-state index is 10.5. The second kappa shape index (κ2) is 11.5. The Bertz CT molecular complexity index is 779. The van der Waals surface area contributed by atoms with Crippen LogP contribution >= 0.6 is 11.3 Å². The monoisotopic (exact) mass is 430 g/mol. The Balaban J connectivity index is 1.65. The van der Waals surface area contributed by atoms with Crippen molar-refractivity contribution in [3.05, 3.63) is 57.8 Å². The van der Waals surface area contributed by atoms with Crippen molar-refractivity contribution < 1.29 is 9.84 Å². The van der Waals surface area contributed by atoms with Crippen molar-refractivity contribution in [3.8, 4) is 0 Å². The predicted molar refractivity (Wildman–Crippen MR) is 124 cm³/mol. The first-order valence-electron chi connectivity index (χ1n) is 10.7. The number of aliphatic imine (C=N–C) groups is 1. The Morgan fingerprint density at radius 3 is 2.77 bits per heavy atom. The van der Waals surface area contributed by atoms with Crippen molar-refractivity contribution in [2.45, 2.75) is 39.0 Å². The summed E-state index contributed by atoms with van der Waals surface area (Å²) < 4.78 is 5.73. The van der Waals surface area contributed by atoms with Crippen LogP contribution in [-0.4, -0.2) is 61.4 Å². The molecule has 0 aliphatic carbocycles. The molecule has 2 heterocycles. The maximum absolute atomic E-state index is 10.5. The molecule has 6 nitrogen and oxygen atoms in total. The lowest BCUT2D eigenvalue weighted by Gasteiger charge is -2.36. The zero-order chi connectivity index (χ0) is 21.3. The van der Waals surface area contributed by atoms with E-state index in [1.165, 1.54) is 10.4 Å². The Morgan fingerprint density at radius 2 is 2.10 bits per heavy atom. The second-order valence-electron chi connectivity index (χ2n) is 7.73. The summed E-state index contributed by atoms with van der Waals surface area (Å²) in [4.78, 5) is 8.65. The predicted octanol–water partition coefficient (Wildman–Crippen LogP) is 3.11. The lowest BCUT2D eigenvalue weighted by atomic mass is 10.1. The lowest BCUT2D eigenvalue weighted by Crippen LogP contribution is -2.44. The van der Waals surface area contributed by atoms with Gasteiger partial charge in [-0.2, -0.15) is 0 Å². The van der Waals surface area contributed by atoms with Gasteiger partial charge < -0.3 is 20.5 Å².